The first-order valence-electron chi connectivity index (χ1n) is 10.3. The molecule has 2 N–H and O–H groups in total. The first-order chi connectivity index (χ1) is 15.6. The van der Waals surface area contributed by atoms with E-state index in [4.69, 9.17) is 0 Å². The molecule has 0 radical (unpaired) electrons. The van der Waals surface area contributed by atoms with Crippen molar-refractivity contribution in [2.24, 2.45) is 0 Å². The number of benzene rings is 3. The molecule has 4 aromatic rings. The lowest BCUT2D eigenvalue weighted by atomic mass is 10.0. The van der Waals surface area contributed by atoms with E-state index in [0.717, 1.165) is 22.2 Å². The van der Waals surface area contributed by atoms with E-state index in [0.29, 0.717) is 12.4 Å². The summed E-state index contributed by atoms with van der Waals surface area (Å²) in [5.41, 5.74) is 3.01. The fraction of sp³-hybridized carbons (Fsp3) is 0.160. The number of amides is 2. The summed E-state index contributed by atoms with van der Waals surface area (Å²) in [4.78, 5) is 24.5. The van der Waals surface area contributed by atoms with Gasteiger partial charge in [-0.15, -0.1) is 11.8 Å². The number of fused-ring (bicyclic) bond motifs is 1. The summed E-state index contributed by atoms with van der Waals surface area (Å²) in [5, 5.41) is 12.4. The molecule has 0 saturated carbocycles. The Balaban J connectivity index is 1.29. The average Bonchev–Trinajstić information content (AvgIpc) is 3.22. The van der Waals surface area contributed by atoms with Gasteiger partial charge in [0.15, 0.2) is 0 Å². The number of rotatable bonds is 8. The van der Waals surface area contributed by atoms with Crippen LogP contribution in [0.3, 0.4) is 0 Å². The minimum atomic E-state index is -0.169. The van der Waals surface area contributed by atoms with E-state index in [2.05, 4.69) is 40.0 Å². The lowest BCUT2D eigenvalue weighted by Crippen LogP contribution is -2.20. The second-order valence-electron chi connectivity index (χ2n) is 7.47. The molecule has 3 aromatic carbocycles. The van der Waals surface area contributed by atoms with E-state index in [-0.39, 0.29) is 23.3 Å². The van der Waals surface area contributed by atoms with Gasteiger partial charge in [0.2, 0.25) is 11.8 Å². The van der Waals surface area contributed by atoms with Gasteiger partial charge < -0.3 is 10.6 Å². The molecular formula is C25H24N4O2S. The number of carbonyl (C=O) groups excluding carboxylic acids is 2. The summed E-state index contributed by atoms with van der Waals surface area (Å²) in [6, 6.07) is 23.8. The number of carbonyl (C=O) groups is 2. The second-order valence-corrected chi connectivity index (χ2v) is 8.45. The normalized spacial score (nSPS) is 10.8. The maximum Gasteiger partial charge on any atom is 0.235 e. The monoisotopic (exact) mass is 444 g/mol. The number of aromatic nitrogens is 2. The first kappa shape index (κ1) is 21.6. The maximum atomic E-state index is 12.4. The number of anilines is 2. The van der Waals surface area contributed by atoms with Crippen LogP contribution in [-0.2, 0) is 16.1 Å². The zero-order valence-electron chi connectivity index (χ0n) is 17.7. The van der Waals surface area contributed by atoms with Crippen LogP contribution in [0.5, 0.6) is 0 Å². The van der Waals surface area contributed by atoms with Crippen molar-refractivity contribution < 1.29 is 9.59 Å². The Bertz CT molecular complexity index is 1230. The van der Waals surface area contributed by atoms with Crippen LogP contribution >= 0.6 is 11.8 Å². The van der Waals surface area contributed by atoms with Crippen LogP contribution in [-0.4, -0.2) is 33.1 Å². The molecule has 4 rings (SSSR count). The van der Waals surface area contributed by atoms with Gasteiger partial charge in [0.25, 0.3) is 0 Å². The van der Waals surface area contributed by atoms with Gasteiger partial charge in [0, 0.05) is 11.8 Å². The van der Waals surface area contributed by atoms with Crippen molar-refractivity contribution in [2.75, 3.05) is 22.1 Å². The molecule has 6 nitrogen and oxygen atoms in total. The molecular weight excluding hydrogens is 420 g/mol. The molecule has 0 saturated heterocycles. The Morgan fingerprint density at radius 2 is 1.59 bits per heavy atom. The van der Waals surface area contributed by atoms with Crippen LogP contribution in [0, 0.1) is 6.92 Å². The minimum Gasteiger partial charge on any atom is -0.325 e. The van der Waals surface area contributed by atoms with Crippen molar-refractivity contribution in [2.45, 2.75) is 13.5 Å². The molecule has 0 unspecified atom stereocenters. The lowest BCUT2D eigenvalue weighted by Gasteiger charge is -2.11. The van der Waals surface area contributed by atoms with Crippen LogP contribution in [0.25, 0.3) is 10.8 Å². The van der Waals surface area contributed by atoms with E-state index in [1.165, 1.54) is 17.1 Å². The summed E-state index contributed by atoms with van der Waals surface area (Å²) >= 11 is 1.27. The maximum absolute atomic E-state index is 12.4. The van der Waals surface area contributed by atoms with Gasteiger partial charge in [-0.2, -0.15) is 5.10 Å². The number of hydrogen-bond donors (Lipinski definition) is 2. The summed E-state index contributed by atoms with van der Waals surface area (Å²) in [7, 11) is 0. The quantitative estimate of drug-likeness (QED) is 0.413. The van der Waals surface area contributed by atoms with Crippen LogP contribution in [0.4, 0.5) is 11.5 Å². The Labute approximate surface area is 191 Å². The van der Waals surface area contributed by atoms with Crippen LogP contribution < -0.4 is 10.6 Å². The molecule has 0 fully saturated rings. The predicted octanol–water partition coefficient (Wildman–Crippen LogP) is 4.70. The first-order valence-corrected chi connectivity index (χ1v) is 11.5. The van der Waals surface area contributed by atoms with Gasteiger partial charge in [-0.05, 0) is 35.4 Å². The number of aryl methyl sites for hydroxylation is 1. The molecule has 0 spiro atoms. The molecule has 0 aliphatic carbocycles. The van der Waals surface area contributed by atoms with Crippen LogP contribution in [0.2, 0.25) is 0 Å². The highest BCUT2D eigenvalue weighted by molar-refractivity contribution is 8.00. The fourth-order valence-electron chi connectivity index (χ4n) is 3.41. The predicted molar refractivity (Wildman–Crippen MR) is 131 cm³/mol. The smallest absolute Gasteiger partial charge is 0.235 e. The molecule has 162 valence electrons. The fourth-order valence-corrected chi connectivity index (χ4v) is 4.02. The average molecular weight is 445 g/mol. The summed E-state index contributed by atoms with van der Waals surface area (Å²) in [6.07, 6.45) is 1.67. The van der Waals surface area contributed by atoms with Crippen molar-refractivity contribution in [3.63, 3.8) is 0 Å². The van der Waals surface area contributed by atoms with E-state index >= 15 is 0 Å². The van der Waals surface area contributed by atoms with Gasteiger partial charge in [0.05, 0.1) is 24.2 Å². The Hall–Kier alpha value is -3.58. The van der Waals surface area contributed by atoms with E-state index in [1.54, 1.807) is 16.9 Å². The highest BCUT2D eigenvalue weighted by Crippen LogP contribution is 2.20. The Morgan fingerprint density at radius 1 is 0.875 bits per heavy atom. The van der Waals surface area contributed by atoms with Crippen molar-refractivity contribution in [1.29, 1.82) is 0 Å². The zero-order chi connectivity index (χ0) is 22.3. The number of nitrogens with one attached hydrogen (secondary N) is 2. The molecule has 7 heteroatoms. The van der Waals surface area contributed by atoms with Gasteiger partial charge in [0.1, 0.15) is 5.82 Å². The third-order valence-electron chi connectivity index (χ3n) is 4.99. The van der Waals surface area contributed by atoms with Crippen LogP contribution in [0.1, 0.15) is 11.1 Å². The molecule has 1 aromatic heterocycles. The molecule has 0 aliphatic heterocycles. The lowest BCUT2D eigenvalue weighted by molar-refractivity contribution is -0.114. The summed E-state index contributed by atoms with van der Waals surface area (Å²) in [5.74, 6) is 0.718. The molecule has 32 heavy (non-hydrogen) atoms. The highest BCUT2D eigenvalue weighted by Gasteiger charge is 2.11. The van der Waals surface area contributed by atoms with Crippen LogP contribution in [0.15, 0.2) is 79.0 Å². The van der Waals surface area contributed by atoms with Gasteiger partial charge >= 0.3 is 0 Å². The van der Waals surface area contributed by atoms with Gasteiger partial charge in [-0.1, -0.05) is 60.2 Å². The van der Waals surface area contributed by atoms with Crippen molar-refractivity contribution in [3.05, 3.63) is 90.1 Å². The Morgan fingerprint density at radius 3 is 2.41 bits per heavy atom. The van der Waals surface area contributed by atoms with Crippen molar-refractivity contribution in [1.82, 2.24) is 9.78 Å². The van der Waals surface area contributed by atoms with Gasteiger partial charge in [-0.25, -0.2) is 4.68 Å². The molecule has 2 amide bonds. The Kier molecular flexibility index (Phi) is 6.87. The third-order valence-corrected chi connectivity index (χ3v) is 5.92. The highest BCUT2D eigenvalue weighted by atomic mass is 32.2. The van der Waals surface area contributed by atoms with Gasteiger partial charge in [-0.3, -0.25) is 9.59 Å². The SMILES string of the molecule is Cc1ccc(NC(=O)CSCC(=O)Nc2ccnn2Cc2cccc3ccccc23)cc1. The standard InChI is InChI=1S/C25H24N4O2S/c1-18-9-11-21(12-10-18)27-24(30)16-32-17-25(31)28-23-13-14-26-29(23)15-20-7-4-6-19-5-2-3-8-22(19)20/h2-14H,15-17H2,1H3,(H,27,30)(H,28,31). The van der Waals surface area contributed by atoms with E-state index in [9.17, 15) is 9.59 Å². The largest absolute Gasteiger partial charge is 0.325 e. The molecule has 0 bridgehead atoms. The minimum absolute atomic E-state index is 0.132. The molecule has 0 atom stereocenters. The zero-order valence-corrected chi connectivity index (χ0v) is 18.6. The van der Waals surface area contributed by atoms with Crippen molar-refractivity contribution >= 4 is 45.9 Å². The summed E-state index contributed by atoms with van der Waals surface area (Å²) in [6.45, 7) is 2.55. The number of hydrogen-bond acceptors (Lipinski definition) is 4. The second kappa shape index (κ2) is 10.2. The van der Waals surface area contributed by atoms with E-state index in [1.807, 2.05) is 49.4 Å². The topological polar surface area (TPSA) is 76.0 Å². The summed E-state index contributed by atoms with van der Waals surface area (Å²) < 4.78 is 1.77. The molecule has 0 aliphatic rings. The molecule has 1 heterocycles. The third kappa shape index (κ3) is 5.56. The van der Waals surface area contributed by atoms with Crippen molar-refractivity contribution in [3.8, 4) is 0 Å². The number of thioether (sulfide) groups is 1. The number of nitrogens with zero attached hydrogens (tertiary/aromatic N) is 2. The van der Waals surface area contributed by atoms with E-state index < -0.39 is 0 Å².